The summed E-state index contributed by atoms with van der Waals surface area (Å²) in [6.07, 6.45) is 1.62. The zero-order valence-corrected chi connectivity index (χ0v) is 13.6. The molecule has 128 valence electrons. The van der Waals surface area contributed by atoms with Gasteiger partial charge in [-0.05, 0) is 18.2 Å². The minimum atomic E-state index is -0.465. The van der Waals surface area contributed by atoms with Gasteiger partial charge in [0.15, 0.2) is 5.82 Å². The number of rotatable bonds is 5. The van der Waals surface area contributed by atoms with Gasteiger partial charge < -0.3 is 0 Å². The Morgan fingerprint density at radius 2 is 1.81 bits per heavy atom. The first-order valence-electron chi connectivity index (χ1n) is 7.69. The normalized spacial score (nSPS) is 11.5. The molecule has 0 aliphatic heterocycles. The molecule has 1 heterocycles. The summed E-state index contributed by atoms with van der Waals surface area (Å²) in [4.78, 5) is 14.5. The third kappa shape index (κ3) is 4.54. The van der Waals surface area contributed by atoms with Crippen LogP contribution < -0.4 is 5.43 Å². The summed E-state index contributed by atoms with van der Waals surface area (Å²) in [6.45, 7) is 0. The number of pyridine rings is 1. The topological polar surface area (TPSA) is 105 Å². The highest BCUT2D eigenvalue weighted by molar-refractivity contribution is 5.99. The average Bonchev–Trinajstić information content (AvgIpc) is 2.69. The molecular weight excluding hydrogens is 332 g/mol. The Hall–Kier alpha value is -3.94. The van der Waals surface area contributed by atoms with Crippen molar-refractivity contribution >= 4 is 23.0 Å². The van der Waals surface area contributed by atoms with Gasteiger partial charge in [0.25, 0.3) is 5.69 Å². The molecular formula is C18H14N6O2. The van der Waals surface area contributed by atoms with Gasteiger partial charge in [-0.1, -0.05) is 42.5 Å². The van der Waals surface area contributed by atoms with E-state index in [1.165, 1.54) is 12.1 Å². The maximum absolute atomic E-state index is 10.9. The summed E-state index contributed by atoms with van der Waals surface area (Å²) in [5.41, 5.74) is 3.97. The van der Waals surface area contributed by atoms with E-state index in [0.717, 1.165) is 5.56 Å². The fourth-order valence-electron chi connectivity index (χ4n) is 2.05. The van der Waals surface area contributed by atoms with Crippen molar-refractivity contribution in [2.75, 3.05) is 5.43 Å². The second-order valence-electron chi connectivity index (χ2n) is 5.11. The molecule has 1 aromatic heterocycles. The lowest BCUT2D eigenvalue weighted by molar-refractivity contribution is -0.384. The van der Waals surface area contributed by atoms with Crippen molar-refractivity contribution in [2.45, 2.75) is 0 Å². The number of nitro benzene ring substituents is 1. The van der Waals surface area contributed by atoms with Gasteiger partial charge in [0, 0.05) is 23.9 Å². The quantitative estimate of drug-likeness (QED) is 0.240. The molecule has 1 N–H and O–H groups in total. The molecule has 0 amide bonds. The molecule has 0 saturated heterocycles. The van der Waals surface area contributed by atoms with Crippen molar-refractivity contribution in [3.8, 4) is 0 Å². The van der Waals surface area contributed by atoms with E-state index in [2.05, 4.69) is 25.7 Å². The van der Waals surface area contributed by atoms with Gasteiger partial charge in [-0.15, -0.1) is 10.2 Å². The van der Waals surface area contributed by atoms with Gasteiger partial charge in [-0.2, -0.15) is 5.10 Å². The number of azo groups is 1. The summed E-state index contributed by atoms with van der Waals surface area (Å²) in [5, 5.41) is 23.3. The van der Waals surface area contributed by atoms with E-state index < -0.39 is 4.92 Å². The number of amidine groups is 1. The predicted molar refractivity (Wildman–Crippen MR) is 98.5 cm³/mol. The fraction of sp³-hybridized carbons (Fsp3) is 0. The van der Waals surface area contributed by atoms with Crippen molar-refractivity contribution in [1.82, 2.24) is 4.98 Å². The number of benzene rings is 2. The number of nitrogens with zero attached hydrogens (tertiary/aromatic N) is 5. The minimum Gasteiger partial charge on any atom is -0.276 e. The van der Waals surface area contributed by atoms with Gasteiger partial charge in [0.05, 0.1) is 10.6 Å². The Bertz CT molecular complexity index is 942. The van der Waals surface area contributed by atoms with Crippen LogP contribution in [0.15, 0.2) is 94.3 Å². The van der Waals surface area contributed by atoms with Gasteiger partial charge in [-0.3, -0.25) is 15.5 Å². The summed E-state index contributed by atoms with van der Waals surface area (Å²) >= 11 is 0. The van der Waals surface area contributed by atoms with E-state index in [-0.39, 0.29) is 5.69 Å². The molecule has 2 aromatic carbocycles. The molecule has 0 unspecified atom stereocenters. The van der Waals surface area contributed by atoms with Gasteiger partial charge in [-0.25, -0.2) is 4.98 Å². The summed E-state index contributed by atoms with van der Waals surface area (Å²) in [6, 6.07) is 20.6. The Labute approximate surface area is 149 Å². The Kier molecular flexibility index (Phi) is 5.36. The molecule has 3 rings (SSSR count). The third-order valence-corrected chi connectivity index (χ3v) is 3.28. The summed E-state index contributed by atoms with van der Waals surface area (Å²) in [5.74, 6) is 0.772. The standard InChI is InChI=1S/C18H14N6O2/c25-24(26)16-10-6-9-15(13-16)20-22-18(14-7-2-1-3-8-14)23-21-17-11-4-5-12-19-17/h1-13,20H. The van der Waals surface area contributed by atoms with Gasteiger partial charge >= 0.3 is 0 Å². The fourth-order valence-corrected chi connectivity index (χ4v) is 2.05. The lowest BCUT2D eigenvalue weighted by Gasteiger charge is -2.03. The lowest BCUT2D eigenvalue weighted by Crippen LogP contribution is -2.01. The SMILES string of the molecule is O=[N+]([O-])c1cccc(NN=C(N=Nc2ccccn2)c2ccccc2)c1. The van der Waals surface area contributed by atoms with Crippen molar-refractivity contribution in [1.29, 1.82) is 0 Å². The molecule has 0 spiro atoms. The van der Waals surface area contributed by atoms with E-state index in [4.69, 9.17) is 0 Å². The van der Waals surface area contributed by atoms with E-state index in [1.807, 2.05) is 36.4 Å². The lowest BCUT2D eigenvalue weighted by atomic mass is 10.2. The summed E-state index contributed by atoms with van der Waals surface area (Å²) < 4.78 is 0. The van der Waals surface area contributed by atoms with Crippen LogP contribution in [0.25, 0.3) is 0 Å². The van der Waals surface area contributed by atoms with Gasteiger partial charge in [0.1, 0.15) is 0 Å². The van der Waals surface area contributed by atoms with E-state index >= 15 is 0 Å². The van der Waals surface area contributed by atoms with Crippen LogP contribution in [0.3, 0.4) is 0 Å². The minimum absolute atomic E-state index is 0.0263. The number of hydrazone groups is 1. The average molecular weight is 346 g/mol. The number of anilines is 1. The second kappa shape index (κ2) is 8.25. The van der Waals surface area contributed by atoms with Crippen molar-refractivity contribution in [3.05, 3.63) is 94.7 Å². The van der Waals surface area contributed by atoms with Crippen LogP contribution in [0.1, 0.15) is 5.56 Å². The van der Waals surface area contributed by atoms with Crippen LogP contribution in [0, 0.1) is 10.1 Å². The molecule has 0 aliphatic rings. The maximum Gasteiger partial charge on any atom is 0.271 e. The first-order chi connectivity index (χ1) is 12.7. The molecule has 0 aliphatic carbocycles. The monoisotopic (exact) mass is 346 g/mol. The van der Waals surface area contributed by atoms with Crippen LogP contribution in [0.2, 0.25) is 0 Å². The molecule has 8 heteroatoms. The van der Waals surface area contributed by atoms with Crippen LogP contribution in [0.5, 0.6) is 0 Å². The highest BCUT2D eigenvalue weighted by atomic mass is 16.6. The van der Waals surface area contributed by atoms with E-state index in [1.54, 1.807) is 30.5 Å². The number of hydrogen-bond acceptors (Lipinski definition) is 6. The smallest absolute Gasteiger partial charge is 0.271 e. The Morgan fingerprint density at radius 1 is 1.00 bits per heavy atom. The molecule has 0 fully saturated rings. The summed E-state index contributed by atoms with van der Waals surface area (Å²) in [7, 11) is 0. The zero-order chi connectivity index (χ0) is 18.2. The molecule has 8 nitrogen and oxygen atoms in total. The molecule has 0 radical (unpaired) electrons. The van der Waals surface area contributed by atoms with Crippen LogP contribution in [-0.4, -0.2) is 15.7 Å². The molecule has 0 saturated carbocycles. The number of hydrogen-bond donors (Lipinski definition) is 1. The predicted octanol–water partition coefficient (Wildman–Crippen LogP) is 4.55. The van der Waals surface area contributed by atoms with Crippen LogP contribution in [0.4, 0.5) is 17.2 Å². The maximum atomic E-state index is 10.9. The molecule has 0 atom stereocenters. The molecule has 26 heavy (non-hydrogen) atoms. The third-order valence-electron chi connectivity index (χ3n) is 3.28. The zero-order valence-electron chi connectivity index (χ0n) is 13.6. The Balaban J connectivity index is 1.88. The highest BCUT2D eigenvalue weighted by Crippen LogP contribution is 2.17. The van der Waals surface area contributed by atoms with Gasteiger partial charge in [0.2, 0.25) is 5.84 Å². The Morgan fingerprint density at radius 3 is 2.54 bits per heavy atom. The highest BCUT2D eigenvalue weighted by Gasteiger charge is 2.06. The van der Waals surface area contributed by atoms with Crippen LogP contribution >= 0.6 is 0 Å². The largest absolute Gasteiger partial charge is 0.276 e. The van der Waals surface area contributed by atoms with E-state index in [9.17, 15) is 10.1 Å². The van der Waals surface area contributed by atoms with Crippen molar-refractivity contribution in [3.63, 3.8) is 0 Å². The second-order valence-corrected chi connectivity index (χ2v) is 5.11. The first-order valence-corrected chi connectivity index (χ1v) is 7.69. The molecule has 0 bridgehead atoms. The van der Waals surface area contributed by atoms with Crippen molar-refractivity contribution in [2.24, 2.45) is 15.3 Å². The number of aromatic nitrogens is 1. The number of nitro groups is 1. The van der Waals surface area contributed by atoms with Crippen LogP contribution in [-0.2, 0) is 0 Å². The molecule has 3 aromatic rings. The number of non-ortho nitro benzene ring substituents is 1. The van der Waals surface area contributed by atoms with E-state index in [0.29, 0.717) is 17.3 Å². The first kappa shape index (κ1) is 16.9. The van der Waals surface area contributed by atoms with Crippen molar-refractivity contribution < 1.29 is 4.92 Å². The number of nitrogens with one attached hydrogen (secondary N) is 1.